The third kappa shape index (κ3) is 3.62. The average molecular weight is 285 g/mol. The van der Waals surface area contributed by atoms with Crippen molar-refractivity contribution in [3.8, 4) is 0 Å². The van der Waals surface area contributed by atoms with Crippen molar-refractivity contribution in [1.82, 2.24) is 10.3 Å². The number of aromatic nitrogens is 1. The van der Waals surface area contributed by atoms with Crippen LogP contribution in [0.2, 0.25) is 0 Å². The number of nitro groups is 1. The van der Waals surface area contributed by atoms with Gasteiger partial charge in [-0.05, 0) is 24.6 Å². The summed E-state index contributed by atoms with van der Waals surface area (Å²) >= 11 is 0. The number of carbonyl (C=O) groups is 1. The molecule has 1 N–H and O–H groups in total. The summed E-state index contributed by atoms with van der Waals surface area (Å²) in [6, 6.07) is 6.54. The van der Waals surface area contributed by atoms with Crippen LogP contribution in [0.15, 0.2) is 36.5 Å². The van der Waals surface area contributed by atoms with Gasteiger partial charge in [-0.15, -0.1) is 0 Å². The van der Waals surface area contributed by atoms with Crippen molar-refractivity contribution in [3.63, 3.8) is 0 Å². The highest BCUT2D eigenvalue weighted by atomic mass is 16.6. The van der Waals surface area contributed by atoms with Crippen molar-refractivity contribution >= 4 is 28.6 Å². The molecule has 0 saturated carbocycles. The molecule has 0 aliphatic heterocycles. The molecule has 2 rings (SSSR count). The van der Waals surface area contributed by atoms with Gasteiger partial charge in [0.25, 0.3) is 5.69 Å². The molecule has 108 valence electrons. The van der Waals surface area contributed by atoms with Gasteiger partial charge >= 0.3 is 0 Å². The van der Waals surface area contributed by atoms with Crippen LogP contribution in [0.3, 0.4) is 0 Å². The minimum absolute atomic E-state index is 0.0495. The summed E-state index contributed by atoms with van der Waals surface area (Å²) in [7, 11) is 0. The fourth-order valence-electron chi connectivity index (χ4n) is 2.01. The zero-order valence-corrected chi connectivity index (χ0v) is 11.6. The first-order valence-corrected chi connectivity index (χ1v) is 6.52. The molecule has 1 aromatic heterocycles. The molecule has 0 atom stereocenters. The molecule has 0 bridgehead atoms. The van der Waals surface area contributed by atoms with Crippen LogP contribution in [-0.2, 0) is 4.79 Å². The lowest BCUT2D eigenvalue weighted by Crippen LogP contribution is -2.20. The predicted molar refractivity (Wildman–Crippen MR) is 80.7 cm³/mol. The van der Waals surface area contributed by atoms with Gasteiger partial charge in [-0.25, -0.2) is 0 Å². The molecule has 2 aromatic rings. The van der Waals surface area contributed by atoms with E-state index in [1.54, 1.807) is 24.4 Å². The van der Waals surface area contributed by atoms with Crippen molar-refractivity contribution in [2.75, 3.05) is 6.54 Å². The van der Waals surface area contributed by atoms with Gasteiger partial charge < -0.3 is 5.32 Å². The topological polar surface area (TPSA) is 85.1 Å². The number of hydrogen-bond donors (Lipinski definition) is 1. The summed E-state index contributed by atoms with van der Waals surface area (Å²) in [5, 5.41) is 14.2. The molecule has 0 fully saturated rings. The lowest BCUT2D eigenvalue weighted by Gasteiger charge is -2.02. The van der Waals surface area contributed by atoms with E-state index >= 15 is 0 Å². The molecule has 0 aliphatic carbocycles. The Hall–Kier alpha value is -2.76. The van der Waals surface area contributed by atoms with E-state index in [4.69, 9.17) is 0 Å². The van der Waals surface area contributed by atoms with Crippen LogP contribution in [0.4, 0.5) is 5.69 Å². The summed E-state index contributed by atoms with van der Waals surface area (Å²) in [5.41, 5.74) is 1.47. The molecule has 1 heterocycles. The van der Waals surface area contributed by atoms with Crippen molar-refractivity contribution in [2.24, 2.45) is 0 Å². The largest absolute Gasteiger partial charge is 0.356 e. The second-order valence-corrected chi connectivity index (χ2v) is 4.50. The van der Waals surface area contributed by atoms with Crippen LogP contribution in [0.1, 0.15) is 18.9 Å². The van der Waals surface area contributed by atoms with Gasteiger partial charge in [0.05, 0.1) is 15.8 Å². The van der Waals surface area contributed by atoms with Crippen molar-refractivity contribution in [1.29, 1.82) is 0 Å². The standard InChI is InChI=1S/C15H15N3O3/c1-11(19)16-9-3-2-5-12-7-8-14(18(20)21)13-6-4-10-17-15(12)13/h2,4-8,10H,3,9H2,1H3,(H,16,19). The van der Waals surface area contributed by atoms with E-state index in [1.807, 2.05) is 12.2 Å². The number of fused-ring (bicyclic) bond motifs is 1. The molecule has 0 aliphatic rings. The molecule has 1 aromatic carbocycles. The Labute approximate surface area is 121 Å². The number of non-ortho nitro benzene ring substituents is 1. The molecular weight excluding hydrogens is 270 g/mol. The number of hydrogen-bond acceptors (Lipinski definition) is 4. The highest BCUT2D eigenvalue weighted by Crippen LogP contribution is 2.27. The maximum atomic E-state index is 11.0. The first kappa shape index (κ1) is 14.6. The highest BCUT2D eigenvalue weighted by Gasteiger charge is 2.13. The summed E-state index contributed by atoms with van der Waals surface area (Å²) in [4.78, 5) is 25.6. The maximum Gasteiger partial charge on any atom is 0.278 e. The molecule has 0 saturated heterocycles. The molecule has 6 heteroatoms. The highest BCUT2D eigenvalue weighted by molar-refractivity contribution is 5.93. The Balaban J connectivity index is 2.25. The zero-order valence-electron chi connectivity index (χ0n) is 11.6. The second kappa shape index (κ2) is 6.60. The number of carbonyl (C=O) groups excluding carboxylic acids is 1. The Kier molecular flexibility index (Phi) is 4.61. The van der Waals surface area contributed by atoms with Gasteiger partial charge in [-0.3, -0.25) is 19.9 Å². The first-order chi connectivity index (χ1) is 10.1. The average Bonchev–Trinajstić information content (AvgIpc) is 2.46. The summed E-state index contributed by atoms with van der Waals surface area (Å²) < 4.78 is 0. The van der Waals surface area contributed by atoms with Crippen LogP contribution in [-0.4, -0.2) is 22.4 Å². The van der Waals surface area contributed by atoms with Crippen LogP contribution in [0.25, 0.3) is 17.0 Å². The summed E-state index contributed by atoms with van der Waals surface area (Å²) in [6.07, 6.45) is 6.07. The van der Waals surface area contributed by atoms with Crippen LogP contribution < -0.4 is 5.32 Å². The predicted octanol–water partition coefficient (Wildman–Crippen LogP) is 2.68. The normalized spacial score (nSPS) is 10.9. The maximum absolute atomic E-state index is 11.0. The van der Waals surface area contributed by atoms with Gasteiger partial charge in [0.2, 0.25) is 5.91 Å². The molecule has 21 heavy (non-hydrogen) atoms. The number of nitrogens with one attached hydrogen (secondary N) is 1. The van der Waals surface area contributed by atoms with Gasteiger partial charge in [0.1, 0.15) is 0 Å². The molecular formula is C15H15N3O3. The number of nitro benzene ring substituents is 1. The molecule has 0 unspecified atom stereocenters. The van der Waals surface area contributed by atoms with E-state index < -0.39 is 4.92 Å². The third-order valence-corrected chi connectivity index (χ3v) is 2.96. The molecule has 1 amide bonds. The SMILES string of the molecule is CC(=O)NCCC=Cc1ccc([N+](=O)[O-])c2cccnc12. The number of benzene rings is 1. The van der Waals surface area contributed by atoms with Crippen molar-refractivity contribution in [3.05, 3.63) is 52.2 Å². The minimum Gasteiger partial charge on any atom is -0.356 e. The Morgan fingerprint density at radius 2 is 2.24 bits per heavy atom. The molecule has 6 nitrogen and oxygen atoms in total. The van der Waals surface area contributed by atoms with Crippen LogP contribution >= 0.6 is 0 Å². The zero-order chi connectivity index (χ0) is 15.2. The third-order valence-electron chi connectivity index (χ3n) is 2.96. The Bertz CT molecular complexity index is 710. The number of pyridine rings is 1. The smallest absolute Gasteiger partial charge is 0.278 e. The van der Waals surface area contributed by atoms with Gasteiger partial charge in [0.15, 0.2) is 0 Å². The summed E-state index contributed by atoms with van der Waals surface area (Å²) in [6.45, 7) is 2.03. The van der Waals surface area contributed by atoms with Crippen LogP contribution in [0, 0.1) is 10.1 Å². The van der Waals surface area contributed by atoms with Gasteiger partial charge in [0, 0.05) is 31.3 Å². The van der Waals surface area contributed by atoms with Gasteiger partial charge in [-0.2, -0.15) is 0 Å². The van der Waals surface area contributed by atoms with E-state index in [1.165, 1.54) is 13.0 Å². The quantitative estimate of drug-likeness (QED) is 0.520. The second-order valence-electron chi connectivity index (χ2n) is 4.50. The Morgan fingerprint density at radius 3 is 2.95 bits per heavy atom. The fraction of sp³-hybridized carbons (Fsp3) is 0.200. The lowest BCUT2D eigenvalue weighted by atomic mass is 10.1. The van der Waals surface area contributed by atoms with E-state index in [9.17, 15) is 14.9 Å². The summed E-state index contributed by atoms with van der Waals surface area (Å²) in [5.74, 6) is -0.0640. The van der Waals surface area contributed by atoms with Gasteiger partial charge in [-0.1, -0.05) is 12.2 Å². The number of nitrogens with zero attached hydrogens (tertiary/aromatic N) is 2. The molecule has 0 spiro atoms. The van der Waals surface area contributed by atoms with Crippen LogP contribution in [0.5, 0.6) is 0 Å². The van der Waals surface area contributed by atoms with E-state index in [-0.39, 0.29) is 11.6 Å². The number of rotatable bonds is 5. The van der Waals surface area contributed by atoms with E-state index in [0.717, 1.165) is 5.56 Å². The first-order valence-electron chi connectivity index (χ1n) is 6.52. The Morgan fingerprint density at radius 1 is 1.43 bits per heavy atom. The van der Waals surface area contributed by atoms with Crippen molar-refractivity contribution < 1.29 is 9.72 Å². The fourth-order valence-corrected chi connectivity index (χ4v) is 2.01. The van der Waals surface area contributed by atoms with Crippen molar-refractivity contribution in [2.45, 2.75) is 13.3 Å². The monoisotopic (exact) mass is 285 g/mol. The lowest BCUT2D eigenvalue weighted by molar-refractivity contribution is -0.383. The number of amides is 1. The minimum atomic E-state index is -0.408. The molecule has 0 radical (unpaired) electrons. The van der Waals surface area contributed by atoms with E-state index in [2.05, 4.69) is 10.3 Å². The van der Waals surface area contributed by atoms with E-state index in [0.29, 0.717) is 23.9 Å².